The molecular weight excluding hydrogens is 332 g/mol. The molecule has 3 rings (SSSR count). The molecule has 1 aromatic heterocycles. The molecule has 2 aromatic rings. The molecule has 1 aliphatic rings. The maximum absolute atomic E-state index is 12.4. The second-order valence-electron chi connectivity index (χ2n) is 6.26. The third-order valence-electron chi connectivity index (χ3n) is 3.95. The highest BCUT2D eigenvalue weighted by Crippen LogP contribution is 2.26. The van der Waals surface area contributed by atoms with E-state index < -0.39 is 15.4 Å². The first-order valence-electron chi connectivity index (χ1n) is 7.32. The average molecular weight is 350 g/mol. The van der Waals surface area contributed by atoms with Crippen molar-refractivity contribution in [2.45, 2.75) is 25.8 Å². The summed E-state index contributed by atoms with van der Waals surface area (Å²) in [6, 6.07) is 7.95. The highest BCUT2D eigenvalue weighted by Gasteiger charge is 2.39. The summed E-state index contributed by atoms with van der Waals surface area (Å²) >= 11 is 1.40. The number of carbonyl (C=O) groups is 1. The van der Waals surface area contributed by atoms with Gasteiger partial charge in [0.2, 0.25) is 0 Å². The molecule has 0 aliphatic carbocycles. The molecule has 5 nitrogen and oxygen atoms in total. The molecule has 0 bridgehead atoms. The average Bonchev–Trinajstić information content (AvgIpc) is 3.05. The van der Waals surface area contributed by atoms with Crippen LogP contribution in [0.3, 0.4) is 0 Å². The highest BCUT2D eigenvalue weighted by atomic mass is 32.2. The van der Waals surface area contributed by atoms with Crippen LogP contribution in [0.1, 0.15) is 29.4 Å². The van der Waals surface area contributed by atoms with Crippen molar-refractivity contribution >= 4 is 27.1 Å². The number of hydrogen-bond donors (Lipinski definition) is 1. The second kappa shape index (κ2) is 5.72. The van der Waals surface area contributed by atoms with Crippen molar-refractivity contribution in [1.29, 1.82) is 0 Å². The lowest BCUT2D eigenvalue weighted by atomic mass is 10.0. The molecule has 0 radical (unpaired) electrons. The lowest BCUT2D eigenvalue weighted by Crippen LogP contribution is -2.47. The summed E-state index contributed by atoms with van der Waals surface area (Å²) in [6.45, 7) is 3.78. The van der Waals surface area contributed by atoms with E-state index >= 15 is 0 Å². The van der Waals surface area contributed by atoms with Crippen LogP contribution < -0.4 is 5.32 Å². The minimum Gasteiger partial charge on any atom is -0.344 e. The summed E-state index contributed by atoms with van der Waals surface area (Å²) < 4.78 is 23.2. The fraction of sp³-hybridized carbons (Fsp3) is 0.375. The number of nitrogens with one attached hydrogen (secondary N) is 1. The van der Waals surface area contributed by atoms with E-state index in [-0.39, 0.29) is 17.4 Å². The van der Waals surface area contributed by atoms with Crippen molar-refractivity contribution in [2.24, 2.45) is 0 Å². The first-order chi connectivity index (χ1) is 10.8. The summed E-state index contributed by atoms with van der Waals surface area (Å²) in [5.41, 5.74) is 1.76. The van der Waals surface area contributed by atoms with Crippen molar-refractivity contribution < 1.29 is 13.2 Å². The number of thiazole rings is 1. The van der Waals surface area contributed by atoms with Crippen LogP contribution >= 0.6 is 11.3 Å². The van der Waals surface area contributed by atoms with Crippen LogP contribution in [-0.2, 0) is 9.84 Å². The quantitative estimate of drug-likeness (QED) is 0.922. The monoisotopic (exact) mass is 350 g/mol. The van der Waals surface area contributed by atoms with Gasteiger partial charge < -0.3 is 5.32 Å². The Bertz CT molecular complexity index is 840. The zero-order valence-corrected chi connectivity index (χ0v) is 14.6. The van der Waals surface area contributed by atoms with E-state index in [0.29, 0.717) is 12.1 Å². The van der Waals surface area contributed by atoms with Gasteiger partial charge in [-0.2, -0.15) is 0 Å². The Balaban J connectivity index is 1.75. The molecule has 1 aromatic carbocycles. The zero-order valence-electron chi connectivity index (χ0n) is 13.0. The zero-order chi connectivity index (χ0) is 16.7. The Hall–Kier alpha value is -1.73. The van der Waals surface area contributed by atoms with Gasteiger partial charge in [0.15, 0.2) is 9.84 Å². The van der Waals surface area contributed by atoms with Gasteiger partial charge in [0, 0.05) is 10.9 Å². The van der Waals surface area contributed by atoms with E-state index in [1.165, 1.54) is 16.9 Å². The number of nitrogens with zero attached hydrogens (tertiary/aromatic N) is 1. The summed E-state index contributed by atoms with van der Waals surface area (Å²) in [5.74, 6) is -0.213. The number of amides is 1. The topological polar surface area (TPSA) is 76.1 Å². The second-order valence-corrected chi connectivity index (χ2v) is 9.30. The third-order valence-corrected chi connectivity index (χ3v) is 6.75. The number of benzene rings is 1. The number of aryl methyl sites for hydroxylation is 1. The maximum Gasteiger partial charge on any atom is 0.271 e. The number of carbonyl (C=O) groups excluding carboxylic acids is 1. The largest absolute Gasteiger partial charge is 0.344 e. The highest BCUT2D eigenvalue weighted by molar-refractivity contribution is 7.91. The first kappa shape index (κ1) is 16.1. The van der Waals surface area contributed by atoms with Gasteiger partial charge in [0.1, 0.15) is 10.7 Å². The Labute approximate surface area is 139 Å². The van der Waals surface area contributed by atoms with Crippen LogP contribution in [0, 0.1) is 6.92 Å². The lowest BCUT2D eigenvalue weighted by Gasteiger charge is -2.23. The van der Waals surface area contributed by atoms with Crippen LogP contribution in [0.4, 0.5) is 0 Å². The molecular formula is C16H18N2O3S2. The molecule has 2 heterocycles. The van der Waals surface area contributed by atoms with Gasteiger partial charge in [-0.15, -0.1) is 11.3 Å². The lowest BCUT2D eigenvalue weighted by molar-refractivity contribution is 0.0911. The van der Waals surface area contributed by atoms with Crippen molar-refractivity contribution in [3.8, 4) is 10.6 Å². The Morgan fingerprint density at radius 2 is 2.00 bits per heavy atom. The van der Waals surface area contributed by atoms with Gasteiger partial charge >= 0.3 is 0 Å². The van der Waals surface area contributed by atoms with Crippen molar-refractivity contribution in [3.63, 3.8) is 0 Å². The smallest absolute Gasteiger partial charge is 0.271 e. The van der Waals surface area contributed by atoms with Crippen molar-refractivity contribution in [2.75, 3.05) is 11.5 Å². The van der Waals surface area contributed by atoms with Crippen LogP contribution in [-0.4, -0.2) is 36.4 Å². The van der Waals surface area contributed by atoms with E-state index in [0.717, 1.165) is 10.6 Å². The molecule has 1 amide bonds. The molecule has 1 aliphatic heterocycles. The molecule has 1 unspecified atom stereocenters. The fourth-order valence-corrected chi connectivity index (χ4v) is 5.55. The van der Waals surface area contributed by atoms with Crippen LogP contribution in [0.2, 0.25) is 0 Å². The number of aromatic nitrogens is 1. The first-order valence-corrected chi connectivity index (χ1v) is 10.0. The predicted molar refractivity (Wildman–Crippen MR) is 91.4 cm³/mol. The molecule has 0 saturated carbocycles. The molecule has 23 heavy (non-hydrogen) atoms. The van der Waals surface area contributed by atoms with E-state index in [1.54, 1.807) is 12.3 Å². The molecule has 0 spiro atoms. The molecule has 122 valence electrons. The minimum absolute atomic E-state index is 0.0132. The van der Waals surface area contributed by atoms with Crippen LogP contribution in [0.15, 0.2) is 29.6 Å². The molecule has 1 N–H and O–H groups in total. The summed E-state index contributed by atoms with van der Waals surface area (Å²) in [5, 5.41) is 5.31. The predicted octanol–water partition coefficient (Wildman–Crippen LogP) is 2.43. The van der Waals surface area contributed by atoms with Gasteiger partial charge in [0.05, 0.1) is 17.0 Å². The number of sulfone groups is 1. The van der Waals surface area contributed by atoms with Gasteiger partial charge in [0.25, 0.3) is 5.91 Å². The van der Waals surface area contributed by atoms with E-state index in [1.807, 2.05) is 31.2 Å². The fourth-order valence-electron chi connectivity index (χ4n) is 2.65. The summed E-state index contributed by atoms with van der Waals surface area (Å²) in [6.07, 6.45) is 0.441. The van der Waals surface area contributed by atoms with E-state index in [4.69, 9.17) is 0 Å². The van der Waals surface area contributed by atoms with E-state index in [9.17, 15) is 13.2 Å². The van der Waals surface area contributed by atoms with Gasteiger partial charge in [-0.05, 0) is 20.3 Å². The molecule has 7 heteroatoms. The van der Waals surface area contributed by atoms with Gasteiger partial charge in [-0.3, -0.25) is 4.79 Å². The number of hydrogen-bond acceptors (Lipinski definition) is 5. The Morgan fingerprint density at radius 3 is 2.61 bits per heavy atom. The van der Waals surface area contributed by atoms with Crippen LogP contribution in [0.5, 0.6) is 0 Å². The summed E-state index contributed by atoms with van der Waals surface area (Å²) in [4.78, 5) is 16.7. The van der Waals surface area contributed by atoms with Gasteiger partial charge in [-0.25, -0.2) is 13.4 Å². The SMILES string of the molecule is Cc1ccc(-c2nc(C(=O)NC3(C)CCS(=O)(=O)C3)cs2)cc1. The Kier molecular flexibility index (Phi) is 4.01. The standard InChI is InChI=1S/C16H18N2O3S2/c1-11-3-5-12(6-4-11)15-17-13(9-22-15)14(19)18-16(2)7-8-23(20,21)10-16/h3-6,9H,7-8,10H2,1-2H3,(H,18,19). The van der Waals surface area contributed by atoms with Gasteiger partial charge in [-0.1, -0.05) is 29.8 Å². The maximum atomic E-state index is 12.4. The van der Waals surface area contributed by atoms with Crippen molar-refractivity contribution in [3.05, 3.63) is 40.9 Å². The molecule has 1 atom stereocenters. The van der Waals surface area contributed by atoms with Crippen molar-refractivity contribution in [1.82, 2.24) is 10.3 Å². The minimum atomic E-state index is -3.06. The summed E-state index contributed by atoms with van der Waals surface area (Å²) in [7, 11) is -3.06. The number of rotatable bonds is 3. The molecule has 1 fully saturated rings. The van der Waals surface area contributed by atoms with Crippen LogP contribution in [0.25, 0.3) is 10.6 Å². The Morgan fingerprint density at radius 1 is 1.30 bits per heavy atom. The molecule has 1 saturated heterocycles. The van der Waals surface area contributed by atoms with E-state index in [2.05, 4.69) is 10.3 Å². The normalized spacial score (nSPS) is 22.9. The third kappa shape index (κ3) is 3.61.